The van der Waals surface area contributed by atoms with E-state index < -0.39 is 5.97 Å². The van der Waals surface area contributed by atoms with Crippen LogP contribution in [0, 0.1) is 5.92 Å². The molecule has 0 bridgehead atoms. The predicted molar refractivity (Wildman–Crippen MR) is 76.4 cm³/mol. The highest BCUT2D eigenvalue weighted by Crippen LogP contribution is 2.24. The van der Waals surface area contributed by atoms with Crippen molar-refractivity contribution >= 4 is 11.9 Å². The third kappa shape index (κ3) is 3.95. The average Bonchev–Trinajstić information content (AvgIpc) is 2.93. The number of amides is 1. The van der Waals surface area contributed by atoms with E-state index in [0.29, 0.717) is 5.92 Å². The first-order valence-corrected chi connectivity index (χ1v) is 7.82. The fourth-order valence-electron chi connectivity index (χ4n) is 3.31. The average molecular weight is 282 g/mol. The van der Waals surface area contributed by atoms with Crippen molar-refractivity contribution < 1.29 is 14.7 Å². The Kier molecular flexibility index (Phi) is 5.40. The van der Waals surface area contributed by atoms with Gasteiger partial charge in [-0.05, 0) is 51.5 Å². The molecule has 114 valence electrons. The van der Waals surface area contributed by atoms with Crippen LogP contribution in [0.25, 0.3) is 0 Å². The molecule has 0 spiro atoms. The van der Waals surface area contributed by atoms with Gasteiger partial charge < -0.3 is 10.0 Å². The maximum atomic E-state index is 12.4. The zero-order valence-corrected chi connectivity index (χ0v) is 12.4. The predicted octanol–water partition coefficient (Wildman–Crippen LogP) is 1.57. The molecule has 5 nitrogen and oxygen atoms in total. The Morgan fingerprint density at radius 2 is 1.90 bits per heavy atom. The Balaban J connectivity index is 1.79. The van der Waals surface area contributed by atoms with Crippen LogP contribution in [0.5, 0.6) is 0 Å². The molecule has 2 fully saturated rings. The SMILES string of the molecule is CC(C(=O)N1CCCCC1)N1CCC(CCC(=O)O)C1. The molecule has 2 atom stereocenters. The van der Waals surface area contributed by atoms with Crippen LogP contribution >= 0.6 is 0 Å². The number of carbonyl (C=O) groups excluding carboxylic acids is 1. The van der Waals surface area contributed by atoms with Crippen molar-refractivity contribution in [1.82, 2.24) is 9.80 Å². The number of rotatable bonds is 5. The highest BCUT2D eigenvalue weighted by atomic mass is 16.4. The molecule has 0 aromatic heterocycles. The highest BCUT2D eigenvalue weighted by Gasteiger charge is 2.32. The molecule has 1 amide bonds. The van der Waals surface area contributed by atoms with Crippen LogP contribution in [-0.2, 0) is 9.59 Å². The molecular weight excluding hydrogens is 256 g/mol. The van der Waals surface area contributed by atoms with Crippen molar-refractivity contribution in [2.24, 2.45) is 5.92 Å². The zero-order chi connectivity index (χ0) is 14.5. The summed E-state index contributed by atoms with van der Waals surface area (Å²) in [4.78, 5) is 27.3. The van der Waals surface area contributed by atoms with Gasteiger partial charge in [-0.2, -0.15) is 0 Å². The Bertz CT molecular complexity index is 353. The molecule has 0 aliphatic carbocycles. The number of carbonyl (C=O) groups is 2. The summed E-state index contributed by atoms with van der Waals surface area (Å²) in [5.74, 6) is -0.0350. The summed E-state index contributed by atoms with van der Waals surface area (Å²) >= 11 is 0. The van der Waals surface area contributed by atoms with Crippen LogP contribution in [0.4, 0.5) is 0 Å². The van der Waals surface area contributed by atoms with Crippen LogP contribution < -0.4 is 0 Å². The van der Waals surface area contributed by atoms with E-state index >= 15 is 0 Å². The molecule has 2 rings (SSSR count). The van der Waals surface area contributed by atoms with E-state index in [1.165, 1.54) is 6.42 Å². The lowest BCUT2D eigenvalue weighted by Gasteiger charge is -2.32. The fraction of sp³-hybridized carbons (Fsp3) is 0.867. The van der Waals surface area contributed by atoms with E-state index in [4.69, 9.17) is 5.11 Å². The van der Waals surface area contributed by atoms with Gasteiger partial charge in [0.15, 0.2) is 0 Å². The number of nitrogens with zero attached hydrogens (tertiary/aromatic N) is 2. The van der Waals surface area contributed by atoms with E-state index in [9.17, 15) is 9.59 Å². The molecule has 2 aliphatic rings. The van der Waals surface area contributed by atoms with Crippen molar-refractivity contribution in [2.75, 3.05) is 26.2 Å². The first-order valence-electron chi connectivity index (χ1n) is 7.82. The molecule has 2 unspecified atom stereocenters. The summed E-state index contributed by atoms with van der Waals surface area (Å²) in [5.41, 5.74) is 0. The number of carboxylic acids is 1. The normalized spacial score (nSPS) is 25.6. The number of likely N-dealkylation sites (tertiary alicyclic amines) is 2. The van der Waals surface area contributed by atoms with Gasteiger partial charge in [0.2, 0.25) is 5.91 Å². The minimum atomic E-state index is -0.721. The Morgan fingerprint density at radius 3 is 2.55 bits per heavy atom. The van der Waals surface area contributed by atoms with Gasteiger partial charge in [0.25, 0.3) is 0 Å². The van der Waals surface area contributed by atoms with Gasteiger partial charge in [0.05, 0.1) is 6.04 Å². The van der Waals surface area contributed by atoms with Crippen molar-refractivity contribution in [3.63, 3.8) is 0 Å². The largest absolute Gasteiger partial charge is 0.481 e. The lowest BCUT2D eigenvalue weighted by Crippen LogP contribution is -2.48. The quantitative estimate of drug-likeness (QED) is 0.831. The first kappa shape index (κ1) is 15.3. The molecule has 0 aromatic carbocycles. The van der Waals surface area contributed by atoms with Crippen molar-refractivity contribution in [2.45, 2.75) is 51.5 Å². The van der Waals surface area contributed by atoms with E-state index in [2.05, 4.69) is 4.90 Å². The minimum Gasteiger partial charge on any atom is -0.481 e. The molecule has 1 N–H and O–H groups in total. The number of hydrogen-bond donors (Lipinski definition) is 1. The second-order valence-corrected chi connectivity index (χ2v) is 6.14. The second-order valence-electron chi connectivity index (χ2n) is 6.14. The van der Waals surface area contributed by atoms with E-state index in [1.54, 1.807) is 0 Å². The van der Waals surface area contributed by atoms with Crippen LogP contribution in [0.2, 0.25) is 0 Å². The van der Waals surface area contributed by atoms with Gasteiger partial charge in [-0.1, -0.05) is 0 Å². The molecule has 5 heteroatoms. The monoisotopic (exact) mass is 282 g/mol. The summed E-state index contributed by atoms with van der Waals surface area (Å²) in [6, 6.07) is -0.0528. The van der Waals surface area contributed by atoms with E-state index in [0.717, 1.165) is 51.9 Å². The number of piperidine rings is 1. The van der Waals surface area contributed by atoms with Crippen molar-refractivity contribution in [3.8, 4) is 0 Å². The molecule has 0 radical (unpaired) electrons. The lowest BCUT2D eigenvalue weighted by molar-refractivity contribution is -0.138. The van der Waals surface area contributed by atoms with Gasteiger partial charge in [-0.15, -0.1) is 0 Å². The summed E-state index contributed by atoms with van der Waals surface area (Å²) in [7, 11) is 0. The summed E-state index contributed by atoms with van der Waals surface area (Å²) in [6.07, 6.45) is 5.48. The first-order chi connectivity index (χ1) is 9.58. The second kappa shape index (κ2) is 7.07. The van der Waals surface area contributed by atoms with Crippen molar-refractivity contribution in [1.29, 1.82) is 0 Å². The molecule has 2 aliphatic heterocycles. The highest BCUT2D eigenvalue weighted by molar-refractivity contribution is 5.81. The van der Waals surface area contributed by atoms with Gasteiger partial charge in [-0.3, -0.25) is 14.5 Å². The Morgan fingerprint density at radius 1 is 1.20 bits per heavy atom. The van der Waals surface area contributed by atoms with E-state index in [1.807, 2.05) is 11.8 Å². The van der Waals surface area contributed by atoms with E-state index in [-0.39, 0.29) is 18.4 Å². The Labute approximate surface area is 120 Å². The number of hydrogen-bond acceptors (Lipinski definition) is 3. The number of aliphatic carboxylic acids is 1. The standard InChI is InChI=1S/C15H26N2O3/c1-12(15(20)16-8-3-2-4-9-16)17-10-7-13(11-17)5-6-14(18)19/h12-13H,2-11H2,1H3,(H,18,19). The zero-order valence-electron chi connectivity index (χ0n) is 12.4. The molecule has 0 saturated carbocycles. The molecular formula is C15H26N2O3. The number of carboxylic acid groups (broad SMARTS) is 1. The third-order valence-corrected chi connectivity index (χ3v) is 4.66. The molecule has 20 heavy (non-hydrogen) atoms. The van der Waals surface area contributed by atoms with Crippen LogP contribution in [0.3, 0.4) is 0 Å². The minimum absolute atomic E-state index is 0.0528. The molecule has 2 saturated heterocycles. The summed E-state index contributed by atoms with van der Waals surface area (Å²) in [6.45, 7) is 5.59. The fourth-order valence-corrected chi connectivity index (χ4v) is 3.31. The topological polar surface area (TPSA) is 60.9 Å². The third-order valence-electron chi connectivity index (χ3n) is 4.66. The summed E-state index contributed by atoms with van der Waals surface area (Å²) in [5, 5.41) is 8.73. The van der Waals surface area contributed by atoms with Crippen LogP contribution in [0.15, 0.2) is 0 Å². The Hall–Kier alpha value is -1.10. The lowest BCUT2D eigenvalue weighted by atomic mass is 10.0. The van der Waals surface area contributed by atoms with Crippen LogP contribution in [-0.4, -0.2) is 59.0 Å². The smallest absolute Gasteiger partial charge is 0.303 e. The van der Waals surface area contributed by atoms with Crippen LogP contribution in [0.1, 0.15) is 45.4 Å². The van der Waals surface area contributed by atoms with Gasteiger partial charge in [0, 0.05) is 26.1 Å². The van der Waals surface area contributed by atoms with Gasteiger partial charge in [0.1, 0.15) is 0 Å². The maximum absolute atomic E-state index is 12.4. The van der Waals surface area contributed by atoms with Crippen molar-refractivity contribution in [3.05, 3.63) is 0 Å². The molecule has 0 aromatic rings. The molecule has 2 heterocycles. The summed E-state index contributed by atoms with van der Waals surface area (Å²) < 4.78 is 0. The van der Waals surface area contributed by atoms with Gasteiger partial charge in [-0.25, -0.2) is 0 Å². The maximum Gasteiger partial charge on any atom is 0.303 e. The van der Waals surface area contributed by atoms with Gasteiger partial charge >= 0.3 is 5.97 Å².